The van der Waals surface area contributed by atoms with Crippen LogP contribution in [0.3, 0.4) is 0 Å². The molecule has 1 aliphatic rings. The van der Waals surface area contributed by atoms with Gasteiger partial charge in [-0.3, -0.25) is 4.68 Å². The van der Waals surface area contributed by atoms with E-state index in [4.69, 9.17) is 4.98 Å². The minimum absolute atomic E-state index is 0.413. The number of thiophene rings is 1. The average molecular weight is 318 g/mol. The van der Waals surface area contributed by atoms with Crippen LogP contribution in [0.15, 0.2) is 17.5 Å². The van der Waals surface area contributed by atoms with Gasteiger partial charge in [0.05, 0.1) is 6.54 Å². The Labute approximate surface area is 137 Å². The molecule has 0 amide bonds. The van der Waals surface area contributed by atoms with Crippen LogP contribution in [0.2, 0.25) is 0 Å². The quantitative estimate of drug-likeness (QED) is 0.799. The van der Waals surface area contributed by atoms with Crippen LogP contribution in [0.4, 0.5) is 0 Å². The highest BCUT2D eigenvalue weighted by Gasteiger charge is 2.29. The summed E-state index contributed by atoms with van der Waals surface area (Å²) >= 11 is 1.84. The molecule has 2 aromatic rings. The van der Waals surface area contributed by atoms with Crippen LogP contribution in [-0.4, -0.2) is 14.8 Å². The fourth-order valence-corrected chi connectivity index (χ4v) is 3.93. The van der Waals surface area contributed by atoms with Crippen molar-refractivity contribution in [3.05, 3.63) is 34.0 Å². The second kappa shape index (κ2) is 6.92. The van der Waals surface area contributed by atoms with Crippen LogP contribution in [0.5, 0.6) is 0 Å². The van der Waals surface area contributed by atoms with Crippen molar-refractivity contribution in [2.75, 3.05) is 0 Å². The summed E-state index contributed by atoms with van der Waals surface area (Å²) in [6.07, 6.45) is 4.89. The third kappa shape index (κ3) is 3.41. The number of nitrogens with one attached hydrogen (secondary N) is 1. The van der Waals surface area contributed by atoms with Gasteiger partial charge in [0, 0.05) is 23.9 Å². The van der Waals surface area contributed by atoms with Gasteiger partial charge in [-0.05, 0) is 30.2 Å². The lowest BCUT2D eigenvalue weighted by Crippen LogP contribution is -2.28. The summed E-state index contributed by atoms with van der Waals surface area (Å²) in [6.45, 7) is 5.35. The molecule has 0 aromatic carbocycles. The molecule has 1 saturated carbocycles. The predicted octanol–water partition coefficient (Wildman–Crippen LogP) is 4.02. The van der Waals surface area contributed by atoms with Crippen molar-refractivity contribution in [1.29, 1.82) is 0 Å². The summed E-state index contributed by atoms with van der Waals surface area (Å²) in [6, 6.07) is 4.80. The van der Waals surface area contributed by atoms with E-state index in [-0.39, 0.29) is 0 Å². The Hall–Kier alpha value is -1.20. The van der Waals surface area contributed by atoms with Crippen LogP contribution in [0.1, 0.15) is 68.0 Å². The standard InChI is InChI=1S/C17H26N4S/c1-4-12(5-2)16(14-7-6-10-22-14)18-11-15-19-17(13-8-9-13)20-21(15)3/h6-7,10,12-13,16,18H,4-5,8-9,11H2,1-3H3/t16-/m0/s1. The van der Waals surface area contributed by atoms with Crippen molar-refractivity contribution >= 4 is 11.3 Å². The molecule has 1 N–H and O–H groups in total. The van der Waals surface area contributed by atoms with Gasteiger partial charge in [0.2, 0.25) is 0 Å². The maximum Gasteiger partial charge on any atom is 0.154 e. The second-order valence-electron chi connectivity index (χ2n) is 6.23. The van der Waals surface area contributed by atoms with Gasteiger partial charge in [-0.15, -0.1) is 11.3 Å². The topological polar surface area (TPSA) is 42.7 Å². The number of aromatic nitrogens is 3. The average Bonchev–Trinajstić information content (AvgIpc) is 3.10. The van der Waals surface area contributed by atoms with E-state index in [0.29, 0.717) is 17.9 Å². The monoisotopic (exact) mass is 318 g/mol. The molecule has 0 bridgehead atoms. The van der Waals surface area contributed by atoms with E-state index in [9.17, 15) is 0 Å². The third-order valence-corrected chi connectivity index (χ3v) is 5.62. The van der Waals surface area contributed by atoms with E-state index in [2.05, 4.69) is 41.8 Å². The predicted molar refractivity (Wildman–Crippen MR) is 90.9 cm³/mol. The number of nitrogens with zero attached hydrogens (tertiary/aromatic N) is 3. The molecule has 0 spiro atoms. The van der Waals surface area contributed by atoms with Crippen molar-refractivity contribution in [2.45, 2.75) is 58.0 Å². The first kappa shape index (κ1) is 15.7. The largest absolute Gasteiger partial charge is 0.302 e. The molecule has 0 radical (unpaired) electrons. The van der Waals surface area contributed by atoms with Gasteiger partial charge in [-0.1, -0.05) is 32.8 Å². The van der Waals surface area contributed by atoms with E-state index in [0.717, 1.165) is 18.2 Å². The first-order valence-electron chi connectivity index (χ1n) is 8.39. The summed E-state index contributed by atoms with van der Waals surface area (Å²) in [4.78, 5) is 6.16. The Morgan fingerprint density at radius 3 is 2.73 bits per heavy atom. The normalized spacial score (nSPS) is 16.4. The molecular formula is C17H26N4S. The molecule has 22 heavy (non-hydrogen) atoms. The zero-order valence-electron chi connectivity index (χ0n) is 13.7. The number of aryl methyl sites for hydroxylation is 1. The summed E-state index contributed by atoms with van der Waals surface area (Å²) in [5, 5.41) is 10.5. The molecule has 120 valence electrons. The number of rotatable bonds is 8. The van der Waals surface area contributed by atoms with Crippen molar-refractivity contribution in [3.8, 4) is 0 Å². The lowest BCUT2D eigenvalue weighted by atomic mass is 9.93. The molecule has 1 fully saturated rings. The molecule has 1 aliphatic carbocycles. The highest BCUT2D eigenvalue weighted by atomic mass is 32.1. The van der Waals surface area contributed by atoms with Crippen LogP contribution in [0, 0.1) is 5.92 Å². The van der Waals surface area contributed by atoms with Crippen LogP contribution >= 0.6 is 11.3 Å². The Bertz CT molecular complexity index is 582. The Balaban J connectivity index is 1.70. The number of hydrogen-bond acceptors (Lipinski definition) is 4. The molecular weight excluding hydrogens is 292 g/mol. The molecule has 1 atom stereocenters. The molecule has 3 rings (SSSR count). The van der Waals surface area contributed by atoms with E-state index >= 15 is 0 Å². The van der Waals surface area contributed by atoms with Gasteiger partial charge in [-0.2, -0.15) is 5.10 Å². The Morgan fingerprint density at radius 1 is 1.36 bits per heavy atom. The van der Waals surface area contributed by atoms with Gasteiger partial charge in [-0.25, -0.2) is 4.98 Å². The molecule has 0 saturated heterocycles. The molecule has 0 unspecified atom stereocenters. The van der Waals surface area contributed by atoms with Crippen LogP contribution in [-0.2, 0) is 13.6 Å². The molecule has 2 aromatic heterocycles. The van der Waals surface area contributed by atoms with Gasteiger partial charge in [0.1, 0.15) is 5.82 Å². The number of hydrogen-bond donors (Lipinski definition) is 1. The van der Waals surface area contributed by atoms with Crippen LogP contribution < -0.4 is 5.32 Å². The maximum absolute atomic E-state index is 4.73. The molecule has 5 heteroatoms. The van der Waals surface area contributed by atoms with Gasteiger partial charge < -0.3 is 5.32 Å². The highest BCUT2D eigenvalue weighted by molar-refractivity contribution is 7.10. The minimum atomic E-state index is 0.413. The van der Waals surface area contributed by atoms with E-state index in [1.807, 2.05) is 23.1 Å². The van der Waals surface area contributed by atoms with E-state index in [1.54, 1.807) is 0 Å². The van der Waals surface area contributed by atoms with Gasteiger partial charge >= 0.3 is 0 Å². The summed E-state index contributed by atoms with van der Waals surface area (Å²) in [5.74, 6) is 3.37. The lowest BCUT2D eigenvalue weighted by molar-refractivity contribution is 0.339. The van der Waals surface area contributed by atoms with E-state index < -0.39 is 0 Å². The fraction of sp³-hybridized carbons (Fsp3) is 0.647. The zero-order chi connectivity index (χ0) is 15.5. The zero-order valence-corrected chi connectivity index (χ0v) is 14.6. The molecule has 4 nitrogen and oxygen atoms in total. The SMILES string of the molecule is CCC(CC)[C@H](NCc1nc(C2CC2)nn1C)c1cccs1. The minimum Gasteiger partial charge on any atom is -0.302 e. The fourth-order valence-electron chi connectivity index (χ4n) is 3.04. The van der Waals surface area contributed by atoms with Crippen molar-refractivity contribution < 1.29 is 0 Å². The van der Waals surface area contributed by atoms with Crippen LogP contribution in [0.25, 0.3) is 0 Å². The van der Waals surface area contributed by atoms with Gasteiger partial charge in [0.15, 0.2) is 5.82 Å². The lowest BCUT2D eigenvalue weighted by Gasteiger charge is -2.25. The first-order chi connectivity index (χ1) is 10.7. The highest BCUT2D eigenvalue weighted by Crippen LogP contribution is 2.38. The van der Waals surface area contributed by atoms with Crippen molar-refractivity contribution in [1.82, 2.24) is 20.1 Å². The Morgan fingerprint density at radius 2 is 2.14 bits per heavy atom. The maximum atomic E-state index is 4.73. The summed E-state index contributed by atoms with van der Waals surface area (Å²) in [5.41, 5.74) is 0. The van der Waals surface area contributed by atoms with Crippen molar-refractivity contribution in [3.63, 3.8) is 0 Å². The molecule has 2 heterocycles. The third-order valence-electron chi connectivity index (χ3n) is 4.66. The second-order valence-corrected chi connectivity index (χ2v) is 7.21. The first-order valence-corrected chi connectivity index (χ1v) is 9.27. The summed E-state index contributed by atoms with van der Waals surface area (Å²) in [7, 11) is 2.01. The van der Waals surface area contributed by atoms with Crippen molar-refractivity contribution in [2.24, 2.45) is 13.0 Å². The Kier molecular flexibility index (Phi) is 4.93. The molecule has 0 aliphatic heterocycles. The van der Waals surface area contributed by atoms with Gasteiger partial charge in [0.25, 0.3) is 0 Å². The van der Waals surface area contributed by atoms with E-state index in [1.165, 1.54) is 30.6 Å². The summed E-state index contributed by atoms with van der Waals surface area (Å²) < 4.78 is 1.94. The smallest absolute Gasteiger partial charge is 0.154 e.